The first-order valence-electron chi connectivity index (χ1n) is 37.1. The van der Waals surface area contributed by atoms with Crippen LogP contribution in [0.4, 0.5) is 0 Å². The van der Waals surface area contributed by atoms with Gasteiger partial charge in [-0.2, -0.15) is 0 Å². The standard InChI is InChI=1S/C51H82N2.2C14H29.Ni/c1-8-15-22-29-41-36-46(37-42(30-23-16-9-2)48(41)34-27-20-13-6)50-40-45(33-26-19-12-5)51(53(50)52)47-38-43(31-24-17-10-3)49(35-28-21-14-7)44(39-47)32-25-18-11-4;2*1-3-5-7-9-11-13-14-12-10-8-6-4-2;/h36-40H,8-35H2,1-7H3;2*1,3-14H2,2H3;. The van der Waals surface area contributed by atoms with E-state index in [1.165, 1.54) is 323 Å². The zero-order chi connectivity index (χ0) is 59.4. The molecule has 0 saturated carbocycles. The number of benzene rings is 2. The van der Waals surface area contributed by atoms with Crippen LogP contribution in [0.2, 0.25) is 10.8 Å². The molecule has 0 bridgehead atoms. The van der Waals surface area contributed by atoms with Crippen LogP contribution in [0.5, 0.6) is 0 Å². The van der Waals surface area contributed by atoms with Crippen molar-refractivity contribution in [2.45, 2.75) is 407 Å². The van der Waals surface area contributed by atoms with Gasteiger partial charge in [-0.15, -0.1) is 0 Å². The Bertz CT molecular complexity index is 1790. The number of rotatable bonds is 56. The number of hydrogen-bond donors (Lipinski definition) is 0. The topological polar surface area (TPSA) is 25.3 Å². The van der Waals surface area contributed by atoms with Gasteiger partial charge in [-0.25, -0.2) is 4.70 Å². The fourth-order valence-electron chi connectivity index (χ4n) is 12.7. The number of aryl methyl sites for hydroxylation is 4. The third-order valence-electron chi connectivity index (χ3n) is 18.0. The van der Waals surface area contributed by atoms with E-state index >= 15 is 0 Å². The SMILES string of the molecule is CCCCCC1=C(c2cc(CCCCC)c(CCCCC)c(CCCCC)c2)[N+](=[N-])C(c2cc(CCCCC)c(CCCCC)c(CCCCC)c2)=C1.CCCCCCCCCCCCC[CH2][Ni][CH2]CCCCCCCCCCCCC. The molecule has 0 aliphatic carbocycles. The molecule has 3 rings (SSSR count). The van der Waals surface area contributed by atoms with Gasteiger partial charge in [0.1, 0.15) is 0 Å². The fourth-order valence-corrected chi connectivity index (χ4v) is 13.9. The monoisotopic (exact) mass is 1180 g/mol. The molecule has 3 heteroatoms. The minimum atomic E-state index is 0.993. The fraction of sp³-hybridized carbons (Fsp3) is 0.797. The number of hydrogen-bond acceptors (Lipinski definition) is 0. The van der Waals surface area contributed by atoms with Crippen molar-refractivity contribution in [2.75, 3.05) is 0 Å². The molecule has 0 amide bonds. The molecule has 0 radical (unpaired) electrons. The molecule has 82 heavy (non-hydrogen) atoms. The van der Waals surface area contributed by atoms with Crippen molar-refractivity contribution in [2.24, 2.45) is 0 Å². The second kappa shape index (κ2) is 54.4. The van der Waals surface area contributed by atoms with Gasteiger partial charge >= 0.3 is 166 Å². The molecule has 0 aromatic heterocycles. The minimum absolute atomic E-state index is 0.993. The first kappa shape index (κ1) is 76.1. The second-order valence-corrected chi connectivity index (χ2v) is 27.2. The van der Waals surface area contributed by atoms with E-state index in [1.54, 1.807) is 38.1 Å². The van der Waals surface area contributed by atoms with Crippen LogP contribution in [-0.2, 0) is 53.0 Å². The molecule has 1 aliphatic heterocycles. The number of unbranched alkanes of at least 4 members (excludes halogenated alkanes) is 36. The molecular weight excluding hydrogens is 1040 g/mol. The van der Waals surface area contributed by atoms with Gasteiger partial charge in [0.05, 0.1) is 0 Å². The Labute approximate surface area is 520 Å². The molecular formula is C79H140N2Ni. The maximum atomic E-state index is 12.5. The first-order chi connectivity index (χ1) is 40.4. The van der Waals surface area contributed by atoms with Crippen LogP contribution in [0, 0.1) is 0 Å². The van der Waals surface area contributed by atoms with Gasteiger partial charge < -0.3 is 5.53 Å². The Morgan fingerprint density at radius 3 is 0.829 bits per heavy atom. The van der Waals surface area contributed by atoms with Crippen LogP contribution >= 0.6 is 0 Å². The Morgan fingerprint density at radius 1 is 0.280 bits per heavy atom. The van der Waals surface area contributed by atoms with E-state index < -0.39 is 0 Å². The predicted octanol–water partition coefficient (Wildman–Crippen LogP) is 27.8. The zero-order valence-corrected chi connectivity index (χ0v) is 57.8. The van der Waals surface area contributed by atoms with Crippen molar-refractivity contribution in [3.8, 4) is 0 Å². The van der Waals surface area contributed by atoms with E-state index in [1.807, 2.05) is 14.4 Å². The van der Waals surface area contributed by atoms with Gasteiger partial charge in [0.25, 0.3) is 0 Å². The summed E-state index contributed by atoms with van der Waals surface area (Å²) in [6, 6.07) is 10.0. The molecule has 0 saturated heterocycles. The summed E-state index contributed by atoms with van der Waals surface area (Å²) in [7, 11) is 0. The van der Waals surface area contributed by atoms with Gasteiger partial charge in [-0.3, -0.25) is 0 Å². The summed E-state index contributed by atoms with van der Waals surface area (Å²) >= 11 is 2.04. The predicted molar refractivity (Wildman–Crippen MR) is 367 cm³/mol. The number of nitrogens with zero attached hydrogens (tertiary/aromatic N) is 2. The van der Waals surface area contributed by atoms with Crippen molar-refractivity contribution in [1.82, 2.24) is 0 Å². The molecule has 2 nitrogen and oxygen atoms in total. The van der Waals surface area contributed by atoms with Crippen molar-refractivity contribution < 1.29 is 19.1 Å². The molecule has 1 heterocycles. The van der Waals surface area contributed by atoms with Crippen molar-refractivity contribution in [1.29, 1.82) is 0 Å². The zero-order valence-electron chi connectivity index (χ0n) is 56.8. The third-order valence-corrected chi connectivity index (χ3v) is 19.4. The van der Waals surface area contributed by atoms with Gasteiger partial charge in [0.15, 0.2) is 0 Å². The van der Waals surface area contributed by atoms with Crippen LogP contribution in [0.3, 0.4) is 0 Å². The van der Waals surface area contributed by atoms with E-state index in [2.05, 4.69) is 92.7 Å². The van der Waals surface area contributed by atoms with E-state index in [0.717, 1.165) is 49.9 Å². The Balaban J connectivity index is 0.000000671. The van der Waals surface area contributed by atoms with Gasteiger partial charge in [0.2, 0.25) is 11.4 Å². The minimum Gasteiger partial charge on any atom is -0.0654 e. The average molecular weight is 1180 g/mol. The van der Waals surface area contributed by atoms with Crippen LogP contribution < -0.4 is 0 Å². The molecule has 476 valence electrons. The van der Waals surface area contributed by atoms with E-state index in [0.29, 0.717) is 0 Å². The molecule has 0 unspecified atom stereocenters. The smallest absolute Gasteiger partial charge is 0.0654 e. The summed E-state index contributed by atoms with van der Waals surface area (Å²) in [6.07, 6.45) is 72.0. The average Bonchev–Trinajstić information content (AvgIpc) is 3.04. The summed E-state index contributed by atoms with van der Waals surface area (Å²) in [5, 5.41) is 2.87. The molecule has 1 aliphatic rings. The Hall–Kier alpha value is -1.99. The molecule has 0 atom stereocenters. The summed E-state index contributed by atoms with van der Waals surface area (Å²) < 4.78 is 1.64. The molecule has 2 aromatic carbocycles. The van der Waals surface area contributed by atoms with Crippen molar-refractivity contribution in [3.63, 3.8) is 0 Å². The number of allylic oxidation sites excluding steroid dienone is 2. The van der Waals surface area contributed by atoms with Gasteiger partial charge in [-0.05, 0) is 148 Å². The van der Waals surface area contributed by atoms with E-state index in [9.17, 15) is 5.53 Å². The summed E-state index contributed by atoms with van der Waals surface area (Å²) in [6.45, 7) is 20.8. The second-order valence-electron chi connectivity index (χ2n) is 25.7. The van der Waals surface area contributed by atoms with E-state index in [-0.39, 0.29) is 0 Å². The van der Waals surface area contributed by atoms with Crippen LogP contribution in [0.15, 0.2) is 35.9 Å². The molecule has 0 N–H and O–H groups in total. The maximum absolute atomic E-state index is 12.5. The van der Waals surface area contributed by atoms with Crippen molar-refractivity contribution >= 4 is 11.4 Å². The van der Waals surface area contributed by atoms with Crippen molar-refractivity contribution in [3.05, 3.63) is 86.0 Å². The summed E-state index contributed by atoms with van der Waals surface area (Å²) in [4.78, 5) is 0. The van der Waals surface area contributed by atoms with Gasteiger partial charge in [0, 0.05) is 22.8 Å². The third kappa shape index (κ3) is 35.0. The summed E-state index contributed by atoms with van der Waals surface area (Å²) in [5.41, 5.74) is 27.8. The van der Waals surface area contributed by atoms with Crippen LogP contribution in [-0.4, -0.2) is 4.70 Å². The summed E-state index contributed by atoms with van der Waals surface area (Å²) in [5.74, 6) is 0. The van der Waals surface area contributed by atoms with E-state index in [4.69, 9.17) is 0 Å². The van der Waals surface area contributed by atoms with Crippen LogP contribution in [0.25, 0.3) is 16.9 Å². The molecule has 0 spiro atoms. The first-order valence-corrected chi connectivity index (χ1v) is 38.5. The van der Waals surface area contributed by atoms with Gasteiger partial charge in [-0.1, -0.05) is 165 Å². The molecule has 2 aromatic rings. The quantitative estimate of drug-likeness (QED) is 0.0358. The normalized spacial score (nSPS) is 12.5. The van der Waals surface area contributed by atoms with Crippen LogP contribution in [0.1, 0.15) is 402 Å². The Morgan fingerprint density at radius 2 is 0.524 bits per heavy atom. The molecule has 0 fully saturated rings. The Kier molecular flexibility index (Phi) is 50.5.